The number of halogens is 2. The van der Waals surface area contributed by atoms with E-state index in [1.165, 1.54) is 11.3 Å². The van der Waals surface area contributed by atoms with E-state index in [-0.39, 0.29) is 21.6 Å². The molecule has 0 aromatic carbocycles. The molecule has 0 aliphatic carbocycles. The van der Waals surface area contributed by atoms with Gasteiger partial charge in [-0.15, -0.1) is 11.3 Å². The lowest BCUT2D eigenvalue weighted by Crippen LogP contribution is -2.17. The molecule has 1 aliphatic rings. The summed E-state index contributed by atoms with van der Waals surface area (Å²) in [5, 5.41) is 0. The van der Waals surface area contributed by atoms with Crippen LogP contribution in [-0.2, 0) is 9.47 Å². The number of nitrogens with zero attached hydrogens (tertiary/aromatic N) is 1. The van der Waals surface area contributed by atoms with Crippen LogP contribution in [0.3, 0.4) is 0 Å². The van der Waals surface area contributed by atoms with Crippen LogP contribution >= 0.6 is 43.2 Å². The molecule has 0 amide bonds. The third-order valence-electron chi connectivity index (χ3n) is 3.63. The van der Waals surface area contributed by atoms with Gasteiger partial charge in [-0.2, -0.15) is 0 Å². The highest BCUT2D eigenvalue weighted by atomic mass is 79.9. The number of thiophene rings is 1. The summed E-state index contributed by atoms with van der Waals surface area (Å²) in [6, 6.07) is 1.77. The van der Waals surface area contributed by atoms with E-state index in [9.17, 15) is 9.59 Å². The zero-order chi connectivity index (χ0) is 17.4. The lowest BCUT2D eigenvalue weighted by atomic mass is 10.1. The van der Waals surface area contributed by atoms with Crippen LogP contribution in [0.25, 0.3) is 16.4 Å². The van der Waals surface area contributed by atoms with E-state index in [1.54, 1.807) is 19.9 Å². The van der Waals surface area contributed by atoms with E-state index in [0.717, 1.165) is 15.9 Å². The smallest absolute Gasteiger partial charge is 0.348 e. The zero-order valence-electron chi connectivity index (χ0n) is 13.0. The molecule has 2 atom stereocenters. The molecule has 0 N–H and O–H groups in total. The molecular formula is C16H15Br2NO4S. The normalized spacial score (nSPS) is 19.3. The number of fused-ring (bicyclic) bond motifs is 3. The molecule has 3 rings (SSSR count). The van der Waals surface area contributed by atoms with Gasteiger partial charge in [0.15, 0.2) is 0 Å². The standard InChI is InChI=1S/C16H15Br2NO4S/c1-3-22-15(20)10-7-9-14(24-10)11(16(21)23-4-2)13-12(18)8(17)5-6-19(9)13/h5-8,12H,3-4H2,1-2H3. The second-order valence-electron chi connectivity index (χ2n) is 5.08. The highest BCUT2D eigenvalue weighted by Gasteiger charge is 2.34. The van der Waals surface area contributed by atoms with Crippen LogP contribution in [0.15, 0.2) is 12.1 Å². The maximum Gasteiger partial charge on any atom is 0.348 e. The number of rotatable bonds is 4. The lowest BCUT2D eigenvalue weighted by Gasteiger charge is -2.21. The first-order chi connectivity index (χ1) is 11.5. The number of esters is 2. The molecule has 2 unspecified atom stereocenters. The fourth-order valence-electron chi connectivity index (χ4n) is 2.66. The number of ether oxygens (including phenoxy) is 2. The van der Waals surface area contributed by atoms with Gasteiger partial charge in [-0.25, -0.2) is 9.59 Å². The number of carbonyl (C=O) groups is 2. The van der Waals surface area contributed by atoms with Gasteiger partial charge in [-0.1, -0.05) is 37.9 Å². The third kappa shape index (κ3) is 2.84. The predicted molar refractivity (Wildman–Crippen MR) is 101 cm³/mol. The van der Waals surface area contributed by atoms with Crippen LogP contribution in [-0.4, -0.2) is 34.5 Å². The summed E-state index contributed by atoms with van der Waals surface area (Å²) in [5.74, 6) is -0.760. The SMILES string of the molecule is CCOC(=O)c1cc2c(s1)c(C(=O)OCC)c1n2C=CC(Br)C1Br. The Bertz CT molecular complexity index is 839. The van der Waals surface area contributed by atoms with Crippen molar-refractivity contribution in [1.29, 1.82) is 0 Å². The number of allylic oxidation sites excluding steroid dienone is 1. The van der Waals surface area contributed by atoms with Crippen LogP contribution < -0.4 is 0 Å². The van der Waals surface area contributed by atoms with E-state index in [0.29, 0.717) is 23.7 Å². The molecule has 0 spiro atoms. The average molecular weight is 477 g/mol. The molecule has 1 aliphatic heterocycles. The number of hydrogen-bond donors (Lipinski definition) is 0. The maximum atomic E-state index is 12.5. The van der Waals surface area contributed by atoms with Gasteiger partial charge in [-0.05, 0) is 19.9 Å². The van der Waals surface area contributed by atoms with Gasteiger partial charge in [0.25, 0.3) is 0 Å². The highest BCUT2D eigenvalue weighted by molar-refractivity contribution is 9.12. The summed E-state index contributed by atoms with van der Waals surface area (Å²) in [6.45, 7) is 4.14. The Balaban J connectivity index is 2.22. The van der Waals surface area contributed by atoms with E-state index in [2.05, 4.69) is 31.9 Å². The lowest BCUT2D eigenvalue weighted by molar-refractivity contribution is 0.0519. The Morgan fingerprint density at radius 2 is 1.88 bits per heavy atom. The molecule has 0 radical (unpaired) electrons. The van der Waals surface area contributed by atoms with E-state index in [1.807, 2.05) is 16.8 Å². The fourth-order valence-corrected chi connectivity index (χ4v) is 4.75. The van der Waals surface area contributed by atoms with Crippen molar-refractivity contribution in [3.63, 3.8) is 0 Å². The Morgan fingerprint density at radius 3 is 2.54 bits per heavy atom. The fraction of sp³-hybridized carbons (Fsp3) is 0.375. The summed E-state index contributed by atoms with van der Waals surface area (Å²) in [7, 11) is 0. The first kappa shape index (κ1) is 17.7. The van der Waals surface area contributed by atoms with Crippen molar-refractivity contribution in [3.05, 3.63) is 28.3 Å². The van der Waals surface area contributed by atoms with Crippen molar-refractivity contribution in [3.8, 4) is 0 Å². The van der Waals surface area contributed by atoms with Crippen molar-refractivity contribution in [2.24, 2.45) is 0 Å². The molecule has 24 heavy (non-hydrogen) atoms. The number of hydrogen-bond acceptors (Lipinski definition) is 5. The second kappa shape index (κ2) is 7.01. The van der Waals surface area contributed by atoms with E-state index >= 15 is 0 Å². The molecule has 8 heteroatoms. The van der Waals surface area contributed by atoms with Gasteiger partial charge in [0.05, 0.1) is 44.3 Å². The number of aromatic nitrogens is 1. The average Bonchev–Trinajstić information content (AvgIpc) is 3.08. The third-order valence-corrected chi connectivity index (χ3v) is 7.30. The molecule has 0 fully saturated rings. The van der Waals surface area contributed by atoms with Crippen molar-refractivity contribution < 1.29 is 19.1 Å². The second-order valence-corrected chi connectivity index (χ2v) is 8.18. The summed E-state index contributed by atoms with van der Waals surface area (Å²) in [5.41, 5.74) is 2.14. The molecular weight excluding hydrogens is 462 g/mol. The van der Waals surface area contributed by atoms with E-state index in [4.69, 9.17) is 9.47 Å². The van der Waals surface area contributed by atoms with Gasteiger partial charge in [0.2, 0.25) is 0 Å². The summed E-state index contributed by atoms with van der Waals surface area (Å²) in [6.07, 6.45) is 3.89. The number of carbonyl (C=O) groups excluding carboxylic acids is 2. The summed E-state index contributed by atoms with van der Waals surface area (Å²) >= 11 is 8.48. The van der Waals surface area contributed by atoms with Crippen LogP contribution in [0.4, 0.5) is 0 Å². The van der Waals surface area contributed by atoms with Gasteiger partial charge in [0.1, 0.15) is 4.88 Å². The minimum absolute atomic E-state index is 0.0618. The molecule has 2 aromatic heterocycles. The topological polar surface area (TPSA) is 57.5 Å². The summed E-state index contributed by atoms with van der Waals surface area (Å²) < 4.78 is 13.0. The quantitative estimate of drug-likeness (QED) is 0.472. The Morgan fingerprint density at radius 1 is 1.21 bits per heavy atom. The van der Waals surface area contributed by atoms with Crippen molar-refractivity contribution >= 4 is 71.6 Å². The van der Waals surface area contributed by atoms with Gasteiger partial charge < -0.3 is 14.0 Å². The zero-order valence-corrected chi connectivity index (χ0v) is 17.0. The maximum absolute atomic E-state index is 12.5. The van der Waals surface area contributed by atoms with Gasteiger partial charge in [0, 0.05) is 6.20 Å². The van der Waals surface area contributed by atoms with Crippen molar-refractivity contribution in [2.45, 2.75) is 23.5 Å². The Kier molecular flexibility index (Phi) is 5.17. The molecule has 5 nitrogen and oxygen atoms in total. The largest absolute Gasteiger partial charge is 0.462 e. The molecule has 0 saturated carbocycles. The monoisotopic (exact) mass is 475 g/mol. The first-order valence-electron chi connectivity index (χ1n) is 7.47. The summed E-state index contributed by atoms with van der Waals surface area (Å²) in [4.78, 5) is 25.0. The molecule has 0 saturated heterocycles. The van der Waals surface area contributed by atoms with E-state index < -0.39 is 0 Å². The van der Waals surface area contributed by atoms with Crippen LogP contribution in [0.2, 0.25) is 0 Å². The van der Waals surface area contributed by atoms with Gasteiger partial charge >= 0.3 is 11.9 Å². The van der Waals surface area contributed by atoms with Crippen molar-refractivity contribution in [1.82, 2.24) is 4.57 Å². The van der Waals surface area contributed by atoms with Crippen LogP contribution in [0, 0.1) is 0 Å². The van der Waals surface area contributed by atoms with Crippen LogP contribution in [0.5, 0.6) is 0 Å². The minimum atomic E-state index is -0.382. The van der Waals surface area contributed by atoms with Crippen molar-refractivity contribution in [2.75, 3.05) is 13.2 Å². The molecule has 2 aromatic rings. The number of alkyl halides is 2. The highest BCUT2D eigenvalue weighted by Crippen LogP contribution is 2.44. The first-order valence-corrected chi connectivity index (χ1v) is 10.1. The molecule has 3 heterocycles. The Labute approximate surface area is 159 Å². The minimum Gasteiger partial charge on any atom is -0.462 e. The predicted octanol–water partition coefficient (Wildman–Crippen LogP) is 4.74. The molecule has 0 bridgehead atoms. The Hall–Kier alpha value is -1.12. The van der Waals surface area contributed by atoms with Crippen LogP contribution in [0.1, 0.15) is 44.4 Å². The van der Waals surface area contributed by atoms with Gasteiger partial charge in [-0.3, -0.25) is 0 Å². The molecule has 128 valence electrons.